The number of nitrogens with one attached hydrogen (secondary N) is 1. The summed E-state index contributed by atoms with van der Waals surface area (Å²) < 4.78 is 0. The third-order valence-corrected chi connectivity index (χ3v) is 4.91. The quantitative estimate of drug-likeness (QED) is 0.937. The van der Waals surface area contributed by atoms with Crippen molar-refractivity contribution in [1.29, 1.82) is 0 Å². The number of aromatic nitrogens is 1. The zero-order chi connectivity index (χ0) is 13.8. The highest BCUT2D eigenvalue weighted by Gasteiger charge is 2.25. The molecule has 1 aliphatic heterocycles. The summed E-state index contributed by atoms with van der Waals surface area (Å²) in [5.74, 6) is 0. The molecule has 2 unspecified atom stereocenters. The zero-order valence-corrected chi connectivity index (χ0v) is 12.6. The summed E-state index contributed by atoms with van der Waals surface area (Å²) in [5.41, 5.74) is 1.41. The molecule has 1 fully saturated rings. The average molecular weight is 287 g/mol. The van der Waals surface area contributed by atoms with Gasteiger partial charge in [-0.05, 0) is 18.9 Å². The van der Waals surface area contributed by atoms with Crippen LogP contribution in [0.2, 0.25) is 0 Å². The molecule has 0 spiro atoms. The Hall–Kier alpha value is -1.23. The van der Waals surface area contributed by atoms with Crippen LogP contribution in [0.5, 0.6) is 0 Å². The molecule has 2 aromatic rings. The summed E-state index contributed by atoms with van der Waals surface area (Å²) in [6.07, 6.45) is 3.00. The molecular formula is C16H21N3S. The number of benzene rings is 1. The van der Waals surface area contributed by atoms with Gasteiger partial charge in [-0.2, -0.15) is 0 Å². The lowest BCUT2D eigenvalue weighted by atomic mass is 10.0. The molecule has 3 rings (SSSR count). The third-order valence-electron chi connectivity index (χ3n) is 3.97. The summed E-state index contributed by atoms with van der Waals surface area (Å²) in [7, 11) is 0. The molecule has 0 saturated carbocycles. The molecular weight excluding hydrogens is 266 g/mol. The van der Waals surface area contributed by atoms with Crippen molar-refractivity contribution in [3.8, 4) is 0 Å². The maximum atomic E-state index is 4.46. The third kappa shape index (κ3) is 3.26. The molecule has 0 bridgehead atoms. The van der Waals surface area contributed by atoms with E-state index < -0.39 is 0 Å². The Bertz CT molecular complexity index is 512. The van der Waals surface area contributed by atoms with E-state index in [-0.39, 0.29) is 0 Å². The first-order chi connectivity index (χ1) is 9.83. The second-order valence-electron chi connectivity index (χ2n) is 5.38. The predicted octanol–water partition coefficient (Wildman–Crippen LogP) is 2.72. The van der Waals surface area contributed by atoms with Crippen LogP contribution in [-0.2, 0) is 6.42 Å². The molecule has 1 aliphatic rings. The Balaban J connectivity index is 1.62. The van der Waals surface area contributed by atoms with Crippen LogP contribution in [0.25, 0.3) is 0 Å². The van der Waals surface area contributed by atoms with Crippen molar-refractivity contribution >= 4 is 11.3 Å². The van der Waals surface area contributed by atoms with Gasteiger partial charge in [0.1, 0.15) is 5.01 Å². The molecule has 4 heteroatoms. The lowest BCUT2D eigenvalue weighted by molar-refractivity contribution is 0.152. The number of hydrogen-bond donors (Lipinski definition) is 1. The van der Waals surface area contributed by atoms with Crippen LogP contribution < -0.4 is 5.32 Å². The van der Waals surface area contributed by atoms with Gasteiger partial charge in [0.15, 0.2) is 0 Å². The smallest absolute Gasteiger partial charge is 0.109 e. The van der Waals surface area contributed by atoms with E-state index in [2.05, 4.69) is 57.8 Å². The van der Waals surface area contributed by atoms with E-state index >= 15 is 0 Å². The summed E-state index contributed by atoms with van der Waals surface area (Å²) in [6, 6.07) is 11.7. The van der Waals surface area contributed by atoms with Gasteiger partial charge >= 0.3 is 0 Å². The summed E-state index contributed by atoms with van der Waals surface area (Å²) in [4.78, 5) is 7.00. The van der Waals surface area contributed by atoms with Crippen molar-refractivity contribution in [3.05, 3.63) is 52.5 Å². The van der Waals surface area contributed by atoms with Gasteiger partial charge < -0.3 is 5.32 Å². The van der Waals surface area contributed by atoms with E-state index in [4.69, 9.17) is 0 Å². The fourth-order valence-corrected chi connectivity index (χ4v) is 3.56. The minimum Gasteiger partial charge on any atom is -0.311 e. The van der Waals surface area contributed by atoms with Gasteiger partial charge in [-0.25, -0.2) is 4.98 Å². The number of hydrogen-bond acceptors (Lipinski definition) is 4. The van der Waals surface area contributed by atoms with Crippen molar-refractivity contribution < 1.29 is 0 Å². The SMILES string of the molecule is CC(c1nccs1)N1CCNC(Cc2ccccc2)C1. The van der Waals surface area contributed by atoms with Gasteiger partial charge in [0.25, 0.3) is 0 Å². The Morgan fingerprint density at radius 1 is 1.40 bits per heavy atom. The Morgan fingerprint density at radius 3 is 3.00 bits per heavy atom. The number of nitrogens with zero attached hydrogens (tertiary/aromatic N) is 2. The van der Waals surface area contributed by atoms with Crippen LogP contribution in [0.15, 0.2) is 41.9 Å². The van der Waals surface area contributed by atoms with Crippen LogP contribution in [0, 0.1) is 0 Å². The highest BCUT2D eigenvalue weighted by Crippen LogP contribution is 2.23. The lowest BCUT2D eigenvalue weighted by Gasteiger charge is -2.36. The largest absolute Gasteiger partial charge is 0.311 e. The van der Waals surface area contributed by atoms with Gasteiger partial charge in [0, 0.05) is 37.3 Å². The zero-order valence-electron chi connectivity index (χ0n) is 11.8. The molecule has 1 N–H and O–H groups in total. The van der Waals surface area contributed by atoms with Crippen LogP contribution in [0.1, 0.15) is 23.5 Å². The van der Waals surface area contributed by atoms with Crippen molar-refractivity contribution in [2.75, 3.05) is 19.6 Å². The highest BCUT2D eigenvalue weighted by molar-refractivity contribution is 7.09. The number of rotatable bonds is 4. The summed E-state index contributed by atoms with van der Waals surface area (Å²) >= 11 is 1.76. The standard InChI is InChI=1S/C16H21N3S/c1-13(16-18-8-10-20-16)19-9-7-17-15(12-19)11-14-5-3-2-4-6-14/h2-6,8,10,13,15,17H,7,9,11-12H2,1H3. The van der Waals surface area contributed by atoms with Crippen molar-refractivity contribution in [3.63, 3.8) is 0 Å². The Labute approximate surface area is 124 Å². The molecule has 0 aliphatic carbocycles. The van der Waals surface area contributed by atoms with Crippen LogP contribution in [-0.4, -0.2) is 35.6 Å². The number of thiazole rings is 1. The van der Waals surface area contributed by atoms with Crippen LogP contribution >= 0.6 is 11.3 Å². The van der Waals surface area contributed by atoms with E-state index in [9.17, 15) is 0 Å². The predicted molar refractivity (Wildman–Crippen MR) is 84.0 cm³/mol. The fraction of sp³-hybridized carbons (Fsp3) is 0.438. The summed E-state index contributed by atoms with van der Waals surface area (Å²) in [6.45, 7) is 5.53. The molecule has 2 heterocycles. The molecule has 1 saturated heterocycles. The van der Waals surface area contributed by atoms with Crippen molar-refractivity contribution in [1.82, 2.24) is 15.2 Å². The topological polar surface area (TPSA) is 28.2 Å². The second-order valence-corrected chi connectivity index (χ2v) is 6.31. The molecule has 3 nitrogen and oxygen atoms in total. The van der Waals surface area contributed by atoms with E-state index in [0.717, 1.165) is 26.1 Å². The van der Waals surface area contributed by atoms with Crippen LogP contribution in [0.4, 0.5) is 0 Å². The minimum absolute atomic E-state index is 0.426. The second kappa shape index (κ2) is 6.48. The maximum Gasteiger partial charge on any atom is 0.109 e. The number of piperazine rings is 1. The molecule has 1 aromatic heterocycles. The van der Waals surface area contributed by atoms with Crippen LogP contribution in [0.3, 0.4) is 0 Å². The molecule has 0 amide bonds. The van der Waals surface area contributed by atoms with E-state index in [1.807, 2.05) is 6.20 Å². The summed E-state index contributed by atoms with van der Waals surface area (Å²) in [5, 5.41) is 6.93. The highest BCUT2D eigenvalue weighted by atomic mass is 32.1. The lowest BCUT2D eigenvalue weighted by Crippen LogP contribution is -2.52. The van der Waals surface area contributed by atoms with Gasteiger partial charge in [0.2, 0.25) is 0 Å². The van der Waals surface area contributed by atoms with Gasteiger partial charge in [0.05, 0.1) is 6.04 Å². The first-order valence-corrected chi connectivity index (χ1v) is 8.11. The fourth-order valence-electron chi connectivity index (χ4n) is 2.84. The Kier molecular flexibility index (Phi) is 4.45. The van der Waals surface area contributed by atoms with E-state index in [0.29, 0.717) is 12.1 Å². The Morgan fingerprint density at radius 2 is 2.25 bits per heavy atom. The minimum atomic E-state index is 0.426. The van der Waals surface area contributed by atoms with Gasteiger partial charge in [-0.1, -0.05) is 30.3 Å². The van der Waals surface area contributed by atoms with Crippen molar-refractivity contribution in [2.45, 2.75) is 25.4 Å². The normalized spacial score (nSPS) is 21.8. The monoisotopic (exact) mass is 287 g/mol. The molecule has 2 atom stereocenters. The van der Waals surface area contributed by atoms with Crippen molar-refractivity contribution in [2.24, 2.45) is 0 Å². The molecule has 1 aromatic carbocycles. The first kappa shape index (κ1) is 13.7. The van der Waals surface area contributed by atoms with Gasteiger partial charge in [-0.3, -0.25) is 4.90 Å². The van der Waals surface area contributed by atoms with E-state index in [1.165, 1.54) is 10.6 Å². The molecule has 106 valence electrons. The maximum absolute atomic E-state index is 4.46. The van der Waals surface area contributed by atoms with Gasteiger partial charge in [-0.15, -0.1) is 11.3 Å². The molecule has 0 radical (unpaired) electrons. The average Bonchev–Trinajstić information content (AvgIpc) is 3.02. The first-order valence-electron chi connectivity index (χ1n) is 7.23. The molecule has 20 heavy (non-hydrogen) atoms. The van der Waals surface area contributed by atoms with E-state index in [1.54, 1.807) is 11.3 Å².